The fourth-order valence-electron chi connectivity index (χ4n) is 3.88. The van der Waals surface area contributed by atoms with Crippen LogP contribution in [0.4, 0.5) is 10.7 Å². The molecular weight excluding hydrogens is 434 g/mol. The van der Waals surface area contributed by atoms with Crippen molar-refractivity contribution in [1.29, 1.82) is 0 Å². The number of carbonyl (C=O) groups excluding carboxylic acids is 5. The number of ether oxygens (including phenoxy) is 1. The van der Waals surface area contributed by atoms with Crippen molar-refractivity contribution in [3.8, 4) is 0 Å². The van der Waals surface area contributed by atoms with Gasteiger partial charge < -0.3 is 15.0 Å². The monoisotopic (exact) mass is 455 g/mol. The van der Waals surface area contributed by atoms with E-state index in [1.165, 1.54) is 37.5 Å². The molecule has 1 saturated heterocycles. The molecule has 4 amide bonds. The quantitative estimate of drug-likeness (QED) is 0.559. The van der Waals surface area contributed by atoms with E-state index in [9.17, 15) is 24.0 Å². The number of thiophene rings is 1. The van der Waals surface area contributed by atoms with Gasteiger partial charge in [-0.25, -0.2) is 4.79 Å². The fraction of sp³-hybridized carbons (Fsp3) is 0.318. The first-order chi connectivity index (χ1) is 15.3. The normalized spacial score (nSPS) is 15.6. The molecule has 10 heteroatoms. The first kappa shape index (κ1) is 21.7. The molecule has 0 saturated carbocycles. The number of methoxy groups -OCH3 is 1. The first-order valence-corrected chi connectivity index (χ1v) is 10.9. The van der Waals surface area contributed by atoms with E-state index in [0.29, 0.717) is 41.3 Å². The Morgan fingerprint density at radius 3 is 2.28 bits per heavy atom. The minimum absolute atomic E-state index is 0.0516. The molecule has 0 spiro atoms. The number of imide groups is 1. The third-order valence-corrected chi connectivity index (χ3v) is 6.69. The van der Waals surface area contributed by atoms with Crippen LogP contribution in [0.25, 0.3) is 0 Å². The van der Waals surface area contributed by atoms with Crippen molar-refractivity contribution in [3.05, 3.63) is 45.8 Å². The number of hydrogen-bond donors (Lipinski definition) is 1. The van der Waals surface area contributed by atoms with Crippen LogP contribution in [0.3, 0.4) is 0 Å². The topological polar surface area (TPSA) is 113 Å². The summed E-state index contributed by atoms with van der Waals surface area (Å²) in [7, 11) is 1.28. The van der Waals surface area contributed by atoms with Gasteiger partial charge in [0.1, 0.15) is 5.00 Å². The smallest absolute Gasteiger partial charge is 0.341 e. The van der Waals surface area contributed by atoms with E-state index in [1.54, 1.807) is 17.0 Å². The summed E-state index contributed by atoms with van der Waals surface area (Å²) in [5.74, 6) is -1.57. The molecule has 1 aromatic carbocycles. The lowest BCUT2D eigenvalue weighted by Crippen LogP contribution is -2.33. The minimum Gasteiger partial charge on any atom is -0.465 e. The third-order valence-electron chi connectivity index (χ3n) is 5.56. The summed E-state index contributed by atoms with van der Waals surface area (Å²) in [6.45, 7) is 2.36. The van der Waals surface area contributed by atoms with Crippen molar-refractivity contribution in [2.75, 3.05) is 23.9 Å². The van der Waals surface area contributed by atoms with Crippen LogP contribution in [0.15, 0.2) is 24.3 Å². The number of amides is 4. The lowest BCUT2D eigenvalue weighted by molar-refractivity contribution is -0.129. The summed E-state index contributed by atoms with van der Waals surface area (Å²) in [6, 6.07) is 6.13. The molecule has 1 aromatic heterocycles. The standard InChI is InChI=1S/C22H21N3O6S/c1-12(26)24-10-9-15-16(11-24)32-21(19(15)22(30)31-2)23-20(29)13-3-5-14(6-4-13)25-17(27)7-8-18(25)28/h3-6H,7-11H2,1-2H3,(H,23,29). The molecule has 2 aromatic rings. The zero-order chi connectivity index (χ0) is 23.0. The Labute approximate surface area is 187 Å². The van der Waals surface area contributed by atoms with Crippen LogP contribution in [-0.4, -0.2) is 48.2 Å². The summed E-state index contributed by atoms with van der Waals surface area (Å²) in [5, 5.41) is 3.14. The largest absolute Gasteiger partial charge is 0.465 e. The Morgan fingerprint density at radius 2 is 1.69 bits per heavy atom. The maximum Gasteiger partial charge on any atom is 0.341 e. The molecule has 2 aliphatic rings. The van der Waals surface area contributed by atoms with E-state index in [4.69, 9.17) is 4.74 Å². The highest BCUT2D eigenvalue weighted by Crippen LogP contribution is 2.38. The maximum atomic E-state index is 12.9. The highest BCUT2D eigenvalue weighted by atomic mass is 32.1. The predicted octanol–water partition coefficient (Wildman–Crippen LogP) is 2.35. The lowest BCUT2D eigenvalue weighted by Gasteiger charge is -2.25. The van der Waals surface area contributed by atoms with E-state index in [1.807, 2.05) is 0 Å². The summed E-state index contributed by atoms with van der Waals surface area (Å²) < 4.78 is 4.92. The molecule has 3 heterocycles. The van der Waals surface area contributed by atoms with Gasteiger partial charge in [-0.3, -0.25) is 24.1 Å². The van der Waals surface area contributed by atoms with Crippen LogP contribution < -0.4 is 10.2 Å². The van der Waals surface area contributed by atoms with Crippen molar-refractivity contribution < 1.29 is 28.7 Å². The Hall–Kier alpha value is -3.53. The van der Waals surface area contributed by atoms with Gasteiger partial charge in [0.2, 0.25) is 17.7 Å². The van der Waals surface area contributed by atoms with Crippen molar-refractivity contribution in [3.63, 3.8) is 0 Å². The van der Waals surface area contributed by atoms with Crippen LogP contribution in [0.5, 0.6) is 0 Å². The number of fused-ring (bicyclic) bond motifs is 1. The summed E-state index contributed by atoms with van der Waals surface area (Å²) in [4.78, 5) is 64.5. The summed E-state index contributed by atoms with van der Waals surface area (Å²) in [6.07, 6.45) is 0.862. The van der Waals surface area contributed by atoms with E-state index >= 15 is 0 Å². The zero-order valence-electron chi connectivity index (χ0n) is 17.6. The maximum absolute atomic E-state index is 12.9. The van der Waals surface area contributed by atoms with Crippen molar-refractivity contribution in [2.24, 2.45) is 0 Å². The van der Waals surface area contributed by atoms with Crippen LogP contribution in [0.2, 0.25) is 0 Å². The third kappa shape index (κ3) is 3.89. The van der Waals surface area contributed by atoms with Gasteiger partial charge in [0, 0.05) is 36.8 Å². The van der Waals surface area contributed by atoms with Crippen LogP contribution in [0.1, 0.15) is 50.9 Å². The Bertz CT molecular complexity index is 1120. The van der Waals surface area contributed by atoms with Crippen LogP contribution in [-0.2, 0) is 32.1 Å². The average Bonchev–Trinajstić information content (AvgIpc) is 3.31. The number of carbonyl (C=O) groups is 5. The van der Waals surface area contributed by atoms with Gasteiger partial charge in [-0.1, -0.05) is 0 Å². The Kier molecular flexibility index (Phi) is 5.79. The SMILES string of the molecule is COC(=O)c1c(NC(=O)c2ccc(N3C(=O)CCC3=O)cc2)sc2c1CCN(C(C)=O)C2. The van der Waals surface area contributed by atoms with Gasteiger partial charge >= 0.3 is 5.97 Å². The number of nitrogens with zero attached hydrogens (tertiary/aromatic N) is 2. The summed E-state index contributed by atoms with van der Waals surface area (Å²) in [5.41, 5.74) is 1.82. The second kappa shape index (κ2) is 8.54. The van der Waals surface area contributed by atoms with Gasteiger partial charge in [0.25, 0.3) is 5.91 Å². The Balaban J connectivity index is 1.58. The van der Waals surface area contributed by atoms with Gasteiger partial charge in [0.05, 0.1) is 24.9 Å². The molecular formula is C22H21N3O6S. The molecule has 0 atom stereocenters. The van der Waals surface area contributed by atoms with Gasteiger partial charge in [0.15, 0.2) is 0 Å². The highest BCUT2D eigenvalue weighted by Gasteiger charge is 2.31. The molecule has 0 bridgehead atoms. The molecule has 0 unspecified atom stereocenters. The average molecular weight is 455 g/mol. The fourth-order valence-corrected chi connectivity index (χ4v) is 5.13. The lowest BCUT2D eigenvalue weighted by atomic mass is 10.0. The Morgan fingerprint density at radius 1 is 1.03 bits per heavy atom. The summed E-state index contributed by atoms with van der Waals surface area (Å²) >= 11 is 1.25. The number of anilines is 2. The second-order valence-corrected chi connectivity index (χ2v) is 8.62. The second-order valence-electron chi connectivity index (χ2n) is 7.51. The molecule has 2 aliphatic heterocycles. The van der Waals surface area contributed by atoms with E-state index < -0.39 is 11.9 Å². The number of benzene rings is 1. The number of esters is 1. The van der Waals surface area contributed by atoms with Gasteiger partial charge in [-0.2, -0.15) is 0 Å². The minimum atomic E-state index is -0.546. The van der Waals surface area contributed by atoms with E-state index in [-0.39, 0.29) is 30.6 Å². The number of nitrogens with one attached hydrogen (secondary N) is 1. The van der Waals surface area contributed by atoms with Crippen molar-refractivity contribution in [1.82, 2.24) is 4.90 Å². The predicted molar refractivity (Wildman–Crippen MR) is 117 cm³/mol. The number of hydrogen-bond acceptors (Lipinski definition) is 7. The molecule has 4 rings (SSSR count). The van der Waals surface area contributed by atoms with Crippen molar-refractivity contribution >= 4 is 51.6 Å². The molecule has 1 N–H and O–H groups in total. The van der Waals surface area contributed by atoms with Crippen LogP contribution >= 0.6 is 11.3 Å². The van der Waals surface area contributed by atoms with Crippen molar-refractivity contribution in [2.45, 2.75) is 32.7 Å². The molecule has 32 heavy (non-hydrogen) atoms. The molecule has 0 radical (unpaired) electrons. The molecule has 9 nitrogen and oxygen atoms in total. The molecule has 0 aliphatic carbocycles. The van der Waals surface area contributed by atoms with Crippen LogP contribution in [0, 0.1) is 0 Å². The van der Waals surface area contributed by atoms with E-state index in [0.717, 1.165) is 15.3 Å². The molecule has 1 fully saturated rings. The van der Waals surface area contributed by atoms with Gasteiger partial charge in [-0.15, -0.1) is 11.3 Å². The highest BCUT2D eigenvalue weighted by molar-refractivity contribution is 7.17. The van der Waals surface area contributed by atoms with E-state index in [2.05, 4.69) is 5.32 Å². The molecule has 166 valence electrons. The zero-order valence-corrected chi connectivity index (χ0v) is 18.4. The van der Waals surface area contributed by atoms with Gasteiger partial charge in [-0.05, 0) is 36.2 Å². The number of rotatable bonds is 4. The first-order valence-electron chi connectivity index (χ1n) is 10.1.